The molecule has 2 aliphatic heterocycles. The van der Waals surface area contributed by atoms with Crippen LogP contribution in [-0.4, -0.2) is 65.3 Å². The van der Waals surface area contributed by atoms with Gasteiger partial charge in [-0.15, -0.1) is 0 Å². The van der Waals surface area contributed by atoms with Crippen molar-refractivity contribution >= 4 is 35.1 Å². The average molecular weight is 530 g/mol. The number of amides is 2. The first-order valence-electron chi connectivity index (χ1n) is 12.9. The zero-order valence-electron chi connectivity index (χ0n) is 21.8. The number of ether oxygens (including phenoxy) is 2. The number of carbonyl (C=O) groups excluding carboxylic acids is 2. The van der Waals surface area contributed by atoms with Crippen LogP contribution in [0.25, 0.3) is 11.1 Å². The van der Waals surface area contributed by atoms with Gasteiger partial charge in [0, 0.05) is 62.6 Å². The number of pyridine rings is 2. The summed E-state index contributed by atoms with van der Waals surface area (Å²) in [7, 11) is 0. The highest BCUT2D eigenvalue weighted by molar-refractivity contribution is 6.33. The minimum absolute atomic E-state index is 0.181. The van der Waals surface area contributed by atoms with Crippen molar-refractivity contribution in [2.75, 3.05) is 43.5 Å². The maximum Gasteiger partial charge on any atom is 0.410 e. The number of carbonyl (C=O) groups is 2. The fraction of sp³-hybridized carbons (Fsp3) is 0.556. The third-order valence-corrected chi connectivity index (χ3v) is 6.84. The number of piperidine rings is 1. The Kier molecular flexibility index (Phi) is 8.87. The van der Waals surface area contributed by atoms with Crippen LogP contribution in [0.1, 0.15) is 46.5 Å². The molecule has 1 atom stereocenters. The summed E-state index contributed by atoms with van der Waals surface area (Å²) in [5, 5.41) is 6.84. The molecule has 2 N–H and O–H groups in total. The number of anilines is 2. The predicted molar refractivity (Wildman–Crippen MR) is 144 cm³/mol. The van der Waals surface area contributed by atoms with Crippen molar-refractivity contribution in [2.24, 2.45) is 11.8 Å². The first kappa shape index (κ1) is 27.1. The fourth-order valence-electron chi connectivity index (χ4n) is 4.54. The topological polar surface area (TPSA) is 106 Å². The lowest BCUT2D eigenvalue weighted by molar-refractivity contribution is -0.121. The minimum atomic E-state index is -0.581. The first-order valence-corrected chi connectivity index (χ1v) is 13.3. The fourth-order valence-corrected chi connectivity index (χ4v) is 4.75. The number of aromatic nitrogens is 2. The Labute approximate surface area is 223 Å². The van der Waals surface area contributed by atoms with Gasteiger partial charge in [-0.05, 0) is 64.5 Å². The van der Waals surface area contributed by atoms with E-state index in [-0.39, 0.29) is 11.8 Å². The van der Waals surface area contributed by atoms with E-state index in [1.54, 1.807) is 23.4 Å². The van der Waals surface area contributed by atoms with Gasteiger partial charge in [0.15, 0.2) is 0 Å². The molecule has 0 aliphatic carbocycles. The van der Waals surface area contributed by atoms with E-state index in [1.165, 1.54) is 6.20 Å². The number of nitrogens with zero attached hydrogens (tertiary/aromatic N) is 3. The maximum absolute atomic E-state index is 13.0. The quantitative estimate of drug-likeness (QED) is 0.528. The molecule has 2 aromatic heterocycles. The van der Waals surface area contributed by atoms with Crippen LogP contribution in [0.15, 0.2) is 30.7 Å². The number of halogens is 1. The Balaban J connectivity index is 1.40. The van der Waals surface area contributed by atoms with Gasteiger partial charge in [0.25, 0.3) is 0 Å². The van der Waals surface area contributed by atoms with Gasteiger partial charge in [-0.2, -0.15) is 0 Å². The predicted octanol–water partition coefficient (Wildman–Crippen LogP) is 5.22. The Hall–Kier alpha value is -2.91. The standard InChI is InChI=1S/C27H36ClN5O4/c1-27(2,3)37-26(35)33-8-4-5-19(17-33)25(34)32-24-12-22(23(28)16-31-24)20-11-21(15-29-14-20)30-13-18-6-9-36-10-7-18/h11-12,14-16,18-19,30H,4-10,13,17H2,1-3H3,(H,31,32,34)/t19-/m1/s1. The molecular weight excluding hydrogens is 494 g/mol. The van der Waals surface area contributed by atoms with E-state index in [1.807, 2.05) is 26.8 Å². The summed E-state index contributed by atoms with van der Waals surface area (Å²) in [5.41, 5.74) is 1.89. The van der Waals surface area contributed by atoms with Crippen LogP contribution in [0.4, 0.5) is 16.3 Å². The highest BCUT2D eigenvalue weighted by Crippen LogP contribution is 2.31. The summed E-state index contributed by atoms with van der Waals surface area (Å²) >= 11 is 6.48. The van der Waals surface area contributed by atoms with Crippen molar-refractivity contribution in [3.05, 3.63) is 35.7 Å². The molecule has 2 aliphatic rings. The summed E-state index contributed by atoms with van der Waals surface area (Å²) in [5.74, 6) is 0.453. The molecule has 0 bridgehead atoms. The molecule has 2 fully saturated rings. The van der Waals surface area contributed by atoms with Crippen LogP contribution in [0.2, 0.25) is 5.02 Å². The van der Waals surface area contributed by atoms with E-state index in [0.717, 1.165) is 55.8 Å². The monoisotopic (exact) mass is 529 g/mol. The number of rotatable bonds is 6. The molecule has 0 unspecified atom stereocenters. The summed E-state index contributed by atoms with van der Waals surface area (Å²) < 4.78 is 10.9. The molecule has 2 amide bonds. The molecule has 2 aromatic rings. The summed E-state index contributed by atoms with van der Waals surface area (Å²) in [6.07, 6.45) is 8.20. The third-order valence-electron chi connectivity index (χ3n) is 6.54. The van der Waals surface area contributed by atoms with E-state index in [4.69, 9.17) is 21.1 Å². The average Bonchev–Trinajstić information content (AvgIpc) is 2.88. The lowest BCUT2D eigenvalue weighted by Gasteiger charge is -2.33. The molecular formula is C27H36ClN5O4. The molecule has 0 radical (unpaired) electrons. The first-order chi connectivity index (χ1) is 17.7. The Morgan fingerprint density at radius 3 is 2.70 bits per heavy atom. The maximum atomic E-state index is 13.0. The Morgan fingerprint density at radius 2 is 1.95 bits per heavy atom. The van der Waals surface area contributed by atoms with Crippen LogP contribution in [-0.2, 0) is 14.3 Å². The highest BCUT2D eigenvalue weighted by Gasteiger charge is 2.31. The van der Waals surface area contributed by atoms with Gasteiger partial charge in [0.2, 0.25) is 5.91 Å². The van der Waals surface area contributed by atoms with E-state index in [2.05, 4.69) is 20.6 Å². The smallest absolute Gasteiger partial charge is 0.410 e. The SMILES string of the molecule is CC(C)(C)OC(=O)N1CCC[C@@H](C(=O)Nc2cc(-c3cncc(NCC4CCOCC4)c3)c(Cl)cn2)C1. The molecule has 0 saturated carbocycles. The largest absolute Gasteiger partial charge is 0.444 e. The Bertz CT molecular complexity index is 1100. The molecule has 0 spiro atoms. The van der Waals surface area contributed by atoms with Crippen LogP contribution < -0.4 is 10.6 Å². The van der Waals surface area contributed by atoms with Gasteiger partial charge in [-0.25, -0.2) is 9.78 Å². The van der Waals surface area contributed by atoms with Crippen molar-refractivity contribution in [1.29, 1.82) is 0 Å². The summed E-state index contributed by atoms with van der Waals surface area (Å²) in [6, 6.07) is 3.76. The zero-order chi connectivity index (χ0) is 26.4. The van der Waals surface area contributed by atoms with Crippen molar-refractivity contribution in [2.45, 2.75) is 52.1 Å². The minimum Gasteiger partial charge on any atom is -0.444 e. The molecule has 2 saturated heterocycles. The van der Waals surface area contributed by atoms with Gasteiger partial charge in [-0.3, -0.25) is 9.78 Å². The lowest BCUT2D eigenvalue weighted by atomic mass is 9.97. The van der Waals surface area contributed by atoms with Gasteiger partial charge in [0.05, 0.1) is 16.6 Å². The van der Waals surface area contributed by atoms with Gasteiger partial charge >= 0.3 is 6.09 Å². The number of nitrogens with one attached hydrogen (secondary N) is 2. The molecule has 200 valence electrons. The second-order valence-corrected chi connectivity index (χ2v) is 11.1. The van der Waals surface area contributed by atoms with Crippen LogP contribution >= 0.6 is 11.6 Å². The summed E-state index contributed by atoms with van der Waals surface area (Å²) in [6.45, 7) is 8.86. The van der Waals surface area contributed by atoms with E-state index >= 15 is 0 Å². The number of hydrogen-bond acceptors (Lipinski definition) is 7. The highest BCUT2D eigenvalue weighted by atomic mass is 35.5. The zero-order valence-corrected chi connectivity index (χ0v) is 22.5. The molecule has 4 heterocycles. The molecule has 0 aromatic carbocycles. The van der Waals surface area contributed by atoms with Crippen molar-refractivity contribution < 1.29 is 19.1 Å². The van der Waals surface area contributed by atoms with Crippen LogP contribution in [0.3, 0.4) is 0 Å². The van der Waals surface area contributed by atoms with Crippen molar-refractivity contribution in [3.8, 4) is 11.1 Å². The van der Waals surface area contributed by atoms with E-state index < -0.39 is 11.7 Å². The third kappa shape index (κ3) is 7.79. The van der Waals surface area contributed by atoms with Crippen molar-refractivity contribution in [1.82, 2.24) is 14.9 Å². The van der Waals surface area contributed by atoms with E-state index in [9.17, 15) is 9.59 Å². The molecule has 9 nitrogen and oxygen atoms in total. The number of hydrogen-bond donors (Lipinski definition) is 2. The van der Waals surface area contributed by atoms with Crippen LogP contribution in [0.5, 0.6) is 0 Å². The van der Waals surface area contributed by atoms with Gasteiger partial charge in [-0.1, -0.05) is 11.6 Å². The van der Waals surface area contributed by atoms with Crippen LogP contribution in [0, 0.1) is 11.8 Å². The second kappa shape index (κ2) is 12.1. The normalized spacial score (nSPS) is 18.8. The van der Waals surface area contributed by atoms with E-state index in [0.29, 0.717) is 36.3 Å². The molecule has 10 heteroatoms. The summed E-state index contributed by atoms with van der Waals surface area (Å²) in [4.78, 5) is 35.8. The second-order valence-electron chi connectivity index (χ2n) is 10.7. The Morgan fingerprint density at radius 1 is 1.16 bits per heavy atom. The molecule has 4 rings (SSSR count). The van der Waals surface area contributed by atoms with Crippen molar-refractivity contribution in [3.63, 3.8) is 0 Å². The lowest BCUT2D eigenvalue weighted by Crippen LogP contribution is -2.45. The van der Waals surface area contributed by atoms with Gasteiger partial charge in [0.1, 0.15) is 11.4 Å². The number of likely N-dealkylation sites (tertiary alicyclic amines) is 1. The molecule has 37 heavy (non-hydrogen) atoms. The van der Waals surface area contributed by atoms with Gasteiger partial charge < -0.3 is 25.0 Å².